The highest BCUT2D eigenvalue weighted by Gasteiger charge is 2.19. The van der Waals surface area contributed by atoms with Crippen LogP contribution < -0.4 is 5.32 Å². The molecule has 1 amide bonds. The standard InChI is InChI=1S/C17H25NO4/c19-11-16(13-21-12-14-7-3-1-4-8-14)22-17(20)18-15-9-5-2-6-10-15/h1,3-4,7-8,15-16,19H,2,5-6,9-13H2,(H,18,20). The highest BCUT2D eigenvalue weighted by molar-refractivity contribution is 5.67. The number of alkyl carbamates (subject to hydrolysis) is 1. The third-order valence-corrected chi connectivity index (χ3v) is 3.82. The van der Waals surface area contributed by atoms with E-state index in [-0.39, 0.29) is 19.3 Å². The minimum Gasteiger partial charge on any atom is -0.441 e. The molecule has 1 atom stereocenters. The van der Waals surface area contributed by atoms with E-state index >= 15 is 0 Å². The van der Waals surface area contributed by atoms with Gasteiger partial charge in [0.15, 0.2) is 0 Å². The molecule has 122 valence electrons. The van der Waals surface area contributed by atoms with E-state index in [9.17, 15) is 9.90 Å². The van der Waals surface area contributed by atoms with E-state index in [1.54, 1.807) is 0 Å². The fourth-order valence-corrected chi connectivity index (χ4v) is 2.61. The lowest BCUT2D eigenvalue weighted by Gasteiger charge is -2.24. The Morgan fingerprint density at radius 2 is 1.95 bits per heavy atom. The smallest absolute Gasteiger partial charge is 0.407 e. The summed E-state index contributed by atoms with van der Waals surface area (Å²) in [5, 5.41) is 12.2. The zero-order chi connectivity index (χ0) is 15.6. The molecule has 0 spiro atoms. The first kappa shape index (κ1) is 16.8. The Hall–Kier alpha value is -1.59. The lowest BCUT2D eigenvalue weighted by molar-refractivity contribution is -0.0131. The summed E-state index contributed by atoms with van der Waals surface area (Å²) in [7, 11) is 0. The van der Waals surface area contributed by atoms with Crippen molar-refractivity contribution in [1.82, 2.24) is 5.32 Å². The molecule has 1 fully saturated rings. The molecule has 22 heavy (non-hydrogen) atoms. The molecule has 1 saturated carbocycles. The summed E-state index contributed by atoms with van der Waals surface area (Å²) in [6, 6.07) is 9.95. The van der Waals surface area contributed by atoms with E-state index in [1.165, 1.54) is 6.42 Å². The number of aliphatic hydroxyl groups is 1. The van der Waals surface area contributed by atoms with Crippen molar-refractivity contribution in [3.63, 3.8) is 0 Å². The Balaban J connectivity index is 1.66. The molecule has 0 aromatic heterocycles. The minimum absolute atomic E-state index is 0.184. The van der Waals surface area contributed by atoms with Crippen LogP contribution in [0.5, 0.6) is 0 Å². The maximum Gasteiger partial charge on any atom is 0.407 e. The number of rotatable bonds is 7. The molecular weight excluding hydrogens is 282 g/mol. The first-order valence-corrected chi connectivity index (χ1v) is 7.97. The van der Waals surface area contributed by atoms with Gasteiger partial charge >= 0.3 is 6.09 Å². The maximum absolute atomic E-state index is 11.8. The second kappa shape index (κ2) is 9.43. The monoisotopic (exact) mass is 307 g/mol. The zero-order valence-electron chi connectivity index (χ0n) is 12.9. The lowest BCUT2D eigenvalue weighted by Crippen LogP contribution is -2.40. The quantitative estimate of drug-likeness (QED) is 0.812. The molecule has 0 radical (unpaired) electrons. The van der Waals surface area contributed by atoms with Crippen LogP contribution in [0.15, 0.2) is 30.3 Å². The summed E-state index contributed by atoms with van der Waals surface area (Å²) in [6.45, 7) is 0.376. The van der Waals surface area contributed by atoms with Crippen LogP contribution in [0.1, 0.15) is 37.7 Å². The number of carbonyl (C=O) groups is 1. The van der Waals surface area contributed by atoms with Gasteiger partial charge in [0, 0.05) is 6.04 Å². The molecule has 1 aromatic carbocycles. The summed E-state index contributed by atoms with van der Waals surface area (Å²) in [4.78, 5) is 11.8. The summed E-state index contributed by atoms with van der Waals surface area (Å²) < 4.78 is 10.7. The molecule has 1 aliphatic rings. The average molecular weight is 307 g/mol. The molecule has 1 aromatic rings. The van der Waals surface area contributed by atoms with Crippen molar-refractivity contribution in [2.45, 2.75) is 50.9 Å². The van der Waals surface area contributed by atoms with Gasteiger partial charge in [0.1, 0.15) is 6.10 Å². The number of benzene rings is 1. The molecule has 5 heteroatoms. The van der Waals surface area contributed by atoms with Gasteiger partial charge in [0.05, 0.1) is 19.8 Å². The molecule has 2 rings (SSSR count). The minimum atomic E-state index is -0.632. The van der Waals surface area contributed by atoms with Gasteiger partial charge in [-0.15, -0.1) is 0 Å². The van der Waals surface area contributed by atoms with Gasteiger partial charge in [-0.25, -0.2) is 4.79 Å². The predicted molar refractivity (Wildman–Crippen MR) is 83.5 cm³/mol. The van der Waals surface area contributed by atoms with Crippen LogP contribution in [0.25, 0.3) is 0 Å². The predicted octanol–water partition coefficient (Wildman–Crippen LogP) is 2.62. The van der Waals surface area contributed by atoms with E-state index in [0.717, 1.165) is 31.2 Å². The van der Waals surface area contributed by atoms with E-state index < -0.39 is 12.2 Å². The van der Waals surface area contributed by atoms with Gasteiger partial charge in [-0.2, -0.15) is 0 Å². The van der Waals surface area contributed by atoms with Gasteiger partial charge in [-0.1, -0.05) is 49.6 Å². The Kier molecular flexibility index (Phi) is 7.19. The molecule has 1 aliphatic carbocycles. The summed E-state index contributed by atoms with van der Waals surface area (Å²) in [6.07, 6.45) is 4.44. The molecule has 1 unspecified atom stereocenters. The largest absolute Gasteiger partial charge is 0.441 e. The highest BCUT2D eigenvalue weighted by Crippen LogP contribution is 2.17. The fraction of sp³-hybridized carbons (Fsp3) is 0.588. The average Bonchev–Trinajstić information content (AvgIpc) is 2.56. The van der Waals surface area contributed by atoms with Gasteiger partial charge < -0.3 is 19.9 Å². The van der Waals surface area contributed by atoms with Gasteiger partial charge in [0.2, 0.25) is 0 Å². The SMILES string of the molecule is O=C(NC1CCCCC1)OC(CO)COCc1ccccc1. The molecule has 5 nitrogen and oxygen atoms in total. The number of amides is 1. The van der Waals surface area contributed by atoms with Crippen LogP contribution in [0.4, 0.5) is 4.79 Å². The van der Waals surface area contributed by atoms with Crippen molar-refractivity contribution < 1.29 is 19.4 Å². The Bertz CT molecular complexity index is 432. The van der Waals surface area contributed by atoms with Crippen molar-refractivity contribution in [3.05, 3.63) is 35.9 Å². The number of hydrogen-bond donors (Lipinski definition) is 2. The van der Waals surface area contributed by atoms with Crippen molar-refractivity contribution in [2.24, 2.45) is 0 Å². The van der Waals surface area contributed by atoms with Crippen LogP contribution in [0, 0.1) is 0 Å². The molecule has 0 heterocycles. The second-order valence-corrected chi connectivity index (χ2v) is 5.69. The zero-order valence-corrected chi connectivity index (χ0v) is 12.9. The van der Waals surface area contributed by atoms with Crippen LogP contribution in [-0.4, -0.2) is 36.6 Å². The first-order chi connectivity index (χ1) is 10.8. The summed E-state index contributed by atoms with van der Waals surface area (Å²) >= 11 is 0. The molecular formula is C17H25NO4. The maximum atomic E-state index is 11.8. The molecule has 0 aliphatic heterocycles. The second-order valence-electron chi connectivity index (χ2n) is 5.69. The van der Waals surface area contributed by atoms with E-state index in [1.807, 2.05) is 30.3 Å². The topological polar surface area (TPSA) is 67.8 Å². The van der Waals surface area contributed by atoms with E-state index in [2.05, 4.69) is 5.32 Å². The number of hydrogen-bond acceptors (Lipinski definition) is 4. The van der Waals surface area contributed by atoms with Crippen LogP contribution in [0.2, 0.25) is 0 Å². The van der Waals surface area contributed by atoms with Crippen molar-refractivity contribution in [3.8, 4) is 0 Å². The fourth-order valence-electron chi connectivity index (χ4n) is 2.61. The van der Waals surface area contributed by atoms with Crippen LogP contribution >= 0.6 is 0 Å². The van der Waals surface area contributed by atoms with Crippen molar-refractivity contribution >= 4 is 6.09 Å². The summed E-state index contributed by atoms with van der Waals surface area (Å²) in [5.74, 6) is 0. The third-order valence-electron chi connectivity index (χ3n) is 3.82. The highest BCUT2D eigenvalue weighted by atomic mass is 16.6. The molecule has 0 bridgehead atoms. The number of aliphatic hydroxyl groups excluding tert-OH is 1. The summed E-state index contributed by atoms with van der Waals surface area (Å²) in [5.41, 5.74) is 1.05. The van der Waals surface area contributed by atoms with Crippen LogP contribution in [-0.2, 0) is 16.1 Å². The third kappa shape index (κ3) is 6.03. The van der Waals surface area contributed by atoms with E-state index in [4.69, 9.17) is 9.47 Å². The molecule has 2 N–H and O–H groups in total. The Labute approximate surface area is 131 Å². The number of nitrogens with one attached hydrogen (secondary N) is 1. The lowest BCUT2D eigenvalue weighted by atomic mass is 9.96. The normalized spacial score (nSPS) is 17.0. The van der Waals surface area contributed by atoms with Crippen molar-refractivity contribution in [1.29, 1.82) is 0 Å². The van der Waals surface area contributed by atoms with E-state index in [0.29, 0.717) is 6.61 Å². The van der Waals surface area contributed by atoms with Gasteiger partial charge in [-0.05, 0) is 18.4 Å². The van der Waals surface area contributed by atoms with Gasteiger partial charge in [0.25, 0.3) is 0 Å². The Morgan fingerprint density at radius 3 is 2.64 bits per heavy atom. The first-order valence-electron chi connectivity index (χ1n) is 7.97. The number of carbonyl (C=O) groups excluding carboxylic acids is 1. The van der Waals surface area contributed by atoms with Crippen molar-refractivity contribution in [2.75, 3.05) is 13.2 Å². The van der Waals surface area contributed by atoms with Crippen LogP contribution in [0.3, 0.4) is 0 Å². The van der Waals surface area contributed by atoms with Gasteiger partial charge in [-0.3, -0.25) is 0 Å². The molecule has 0 saturated heterocycles. The Morgan fingerprint density at radius 1 is 1.23 bits per heavy atom. The number of ether oxygens (including phenoxy) is 2.